The van der Waals surface area contributed by atoms with Gasteiger partial charge >= 0.3 is 0 Å². The first-order valence-corrected chi connectivity index (χ1v) is 1.64. The van der Waals surface area contributed by atoms with Gasteiger partial charge in [0, 0.05) is 0 Å². The fourth-order valence-electron chi connectivity index (χ4n) is 0. The number of thiol groups is 1. The lowest BCUT2D eigenvalue weighted by Gasteiger charge is -1.71. The van der Waals surface area contributed by atoms with Crippen LogP contribution in [-0.4, -0.2) is 11.7 Å². The molecule has 0 saturated carbocycles. The van der Waals surface area contributed by atoms with Crippen molar-refractivity contribution in [3.63, 3.8) is 0 Å². The quantitative estimate of drug-likeness (QED) is 0.545. The van der Waals surface area contributed by atoms with Gasteiger partial charge in [-0.15, -0.1) is 37.4 Å². The van der Waals surface area contributed by atoms with Crippen LogP contribution in [0.4, 0.5) is 0 Å². The molecular weight excluding hydrogens is 157 g/mol. The number of carbonyl (C=O) groups is 1. The van der Waals surface area contributed by atoms with Crippen LogP contribution in [0.5, 0.6) is 0 Å². The average molecular weight is 164 g/mol. The van der Waals surface area contributed by atoms with E-state index in [1.54, 1.807) is 0 Å². The van der Waals surface area contributed by atoms with Gasteiger partial charge in [-0.05, 0) is 0 Å². The predicted molar refractivity (Wildman–Crippen MR) is 37.5 cm³/mol. The molecular formula is C2H7Cl2NOS. The first kappa shape index (κ1) is 15.6. The average Bonchev–Trinajstić information content (AvgIpc) is 1.38. The third kappa shape index (κ3) is 20.8. The molecule has 0 radical (unpaired) electrons. The molecule has 0 rings (SSSR count). The molecule has 7 heavy (non-hydrogen) atoms. The second-order valence-corrected chi connectivity index (χ2v) is 1.10. The Kier molecular flexibility index (Phi) is 21.8. The summed E-state index contributed by atoms with van der Waals surface area (Å²) in [4.78, 5) is 9.55. The monoisotopic (exact) mass is 163 g/mol. The van der Waals surface area contributed by atoms with E-state index in [9.17, 15) is 4.79 Å². The highest BCUT2D eigenvalue weighted by molar-refractivity contribution is 7.96. The normalized spacial score (nSPS) is 5.43. The Morgan fingerprint density at radius 2 is 1.71 bits per heavy atom. The van der Waals surface area contributed by atoms with Crippen molar-refractivity contribution in [2.45, 2.75) is 0 Å². The highest BCUT2D eigenvalue weighted by Gasteiger charge is 1.78. The molecule has 0 aliphatic carbocycles. The van der Waals surface area contributed by atoms with Crippen LogP contribution in [0.3, 0.4) is 0 Å². The van der Waals surface area contributed by atoms with E-state index in [-0.39, 0.29) is 36.5 Å². The Balaban J connectivity index is -0.0000000800. The van der Waals surface area contributed by atoms with Crippen LogP contribution in [0.2, 0.25) is 0 Å². The minimum atomic E-state index is -0.273. The standard InChI is InChI=1S/C2H5NOS.2ClH/c3-1-2(4)5;;/h1,3H2,(H,4,5);2*1H. The fourth-order valence-corrected chi connectivity index (χ4v) is 0. The molecule has 0 atom stereocenters. The first-order valence-electron chi connectivity index (χ1n) is 1.19. The van der Waals surface area contributed by atoms with Gasteiger partial charge in [0.1, 0.15) is 0 Å². The third-order valence-corrected chi connectivity index (χ3v) is 0.357. The van der Waals surface area contributed by atoms with Crippen molar-refractivity contribution in [2.24, 2.45) is 5.73 Å². The Hall–Kier alpha value is 0.560. The molecule has 0 aromatic carbocycles. The molecule has 0 amide bonds. The van der Waals surface area contributed by atoms with Gasteiger partial charge < -0.3 is 5.73 Å². The summed E-state index contributed by atoms with van der Waals surface area (Å²) in [7, 11) is 0. The minimum absolute atomic E-state index is 0. The molecule has 0 bridgehead atoms. The molecule has 5 heteroatoms. The van der Waals surface area contributed by atoms with Gasteiger partial charge in [0.15, 0.2) is 5.12 Å². The molecule has 0 aliphatic heterocycles. The zero-order valence-corrected chi connectivity index (χ0v) is 5.98. The van der Waals surface area contributed by atoms with E-state index in [1.165, 1.54) is 0 Å². The number of halogens is 2. The van der Waals surface area contributed by atoms with Gasteiger partial charge in [0.05, 0.1) is 6.54 Å². The zero-order valence-electron chi connectivity index (χ0n) is 3.46. The van der Waals surface area contributed by atoms with Crippen LogP contribution in [-0.2, 0) is 4.79 Å². The maximum absolute atomic E-state index is 9.55. The van der Waals surface area contributed by atoms with E-state index in [0.717, 1.165) is 0 Å². The highest BCUT2D eigenvalue weighted by atomic mass is 35.5. The van der Waals surface area contributed by atoms with Gasteiger partial charge in [-0.3, -0.25) is 4.79 Å². The topological polar surface area (TPSA) is 43.1 Å². The van der Waals surface area contributed by atoms with E-state index < -0.39 is 0 Å². The summed E-state index contributed by atoms with van der Waals surface area (Å²) in [6.07, 6.45) is 0. The maximum atomic E-state index is 9.55. The molecule has 0 saturated heterocycles. The first-order chi connectivity index (χ1) is 2.27. The molecule has 2 nitrogen and oxygen atoms in total. The van der Waals surface area contributed by atoms with Crippen LogP contribution >= 0.6 is 37.4 Å². The molecule has 46 valence electrons. The Morgan fingerprint density at radius 1 is 1.57 bits per heavy atom. The van der Waals surface area contributed by atoms with Crippen molar-refractivity contribution < 1.29 is 4.79 Å². The lowest BCUT2D eigenvalue weighted by Crippen LogP contribution is -2.05. The maximum Gasteiger partial charge on any atom is 0.199 e. The van der Waals surface area contributed by atoms with Gasteiger partial charge in [-0.25, -0.2) is 0 Å². The van der Waals surface area contributed by atoms with Crippen molar-refractivity contribution in [3.05, 3.63) is 0 Å². The smallest absolute Gasteiger partial charge is 0.199 e. The van der Waals surface area contributed by atoms with Crippen molar-refractivity contribution in [1.29, 1.82) is 0 Å². The van der Waals surface area contributed by atoms with Gasteiger partial charge in [0.2, 0.25) is 0 Å². The summed E-state index contributed by atoms with van der Waals surface area (Å²) in [5.41, 5.74) is 4.75. The lowest BCUT2D eigenvalue weighted by molar-refractivity contribution is -0.109. The Morgan fingerprint density at radius 3 is 1.71 bits per heavy atom. The van der Waals surface area contributed by atoms with Crippen molar-refractivity contribution >= 4 is 42.6 Å². The SMILES string of the molecule is Cl.Cl.NCC(=O)S. The van der Waals surface area contributed by atoms with Crippen molar-refractivity contribution in [3.8, 4) is 0 Å². The molecule has 0 spiro atoms. The summed E-state index contributed by atoms with van der Waals surface area (Å²) >= 11 is 3.33. The number of rotatable bonds is 1. The van der Waals surface area contributed by atoms with Crippen LogP contribution in [0.1, 0.15) is 0 Å². The molecule has 0 heterocycles. The summed E-state index contributed by atoms with van der Waals surface area (Å²) in [6.45, 7) is 0.0309. The van der Waals surface area contributed by atoms with E-state index in [2.05, 4.69) is 12.6 Å². The minimum Gasteiger partial charge on any atom is -0.323 e. The molecule has 0 aromatic rings. The summed E-state index contributed by atoms with van der Waals surface area (Å²) in [5.74, 6) is 0. The van der Waals surface area contributed by atoms with Crippen molar-refractivity contribution in [2.75, 3.05) is 6.54 Å². The fraction of sp³-hybridized carbons (Fsp3) is 0.500. The molecule has 0 aromatic heterocycles. The van der Waals surface area contributed by atoms with Gasteiger partial charge in [-0.2, -0.15) is 0 Å². The van der Waals surface area contributed by atoms with Gasteiger partial charge in [-0.1, -0.05) is 0 Å². The number of hydrogen-bond donors (Lipinski definition) is 2. The molecule has 0 aliphatic rings. The third-order valence-electron chi connectivity index (χ3n) is 0.175. The second-order valence-electron chi connectivity index (χ2n) is 0.598. The number of hydrogen-bond acceptors (Lipinski definition) is 2. The van der Waals surface area contributed by atoms with Crippen LogP contribution in [0, 0.1) is 0 Å². The number of carbonyl (C=O) groups excluding carboxylic acids is 1. The van der Waals surface area contributed by atoms with Crippen LogP contribution in [0.25, 0.3) is 0 Å². The Bertz CT molecular complexity index is 51.0. The van der Waals surface area contributed by atoms with E-state index in [0.29, 0.717) is 0 Å². The second kappa shape index (κ2) is 9.75. The predicted octanol–water partition coefficient (Wildman–Crippen LogP) is 0.245. The van der Waals surface area contributed by atoms with Gasteiger partial charge in [0.25, 0.3) is 0 Å². The van der Waals surface area contributed by atoms with Crippen molar-refractivity contribution in [1.82, 2.24) is 0 Å². The largest absolute Gasteiger partial charge is 0.323 e. The van der Waals surface area contributed by atoms with Crippen LogP contribution < -0.4 is 5.73 Å². The number of nitrogens with two attached hydrogens (primary N) is 1. The zero-order chi connectivity index (χ0) is 4.28. The molecule has 0 fully saturated rings. The van der Waals surface area contributed by atoms with E-state index >= 15 is 0 Å². The van der Waals surface area contributed by atoms with E-state index in [4.69, 9.17) is 5.73 Å². The van der Waals surface area contributed by atoms with Crippen LogP contribution in [0.15, 0.2) is 0 Å². The summed E-state index contributed by atoms with van der Waals surface area (Å²) in [5, 5.41) is -0.273. The lowest BCUT2D eigenvalue weighted by atomic mass is 10.8. The molecule has 0 unspecified atom stereocenters. The summed E-state index contributed by atoms with van der Waals surface area (Å²) in [6, 6.07) is 0. The van der Waals surface area contributed by atoms with E-state index in [1.807, 2.05) is 0 Å². The summed E-state index contributed by atoms with van der Waals surface area (Å²) < 4.78 is 0. The Labute approximate surface area is 60.1 Å². The molecule has 2 N–H and O–H groups in total. The highest BCUT2D eigenvalue weighted by Crippen LogP contribution is 1.66.